The van der Waals surface area contributed by atoms with Gasteiger partial charge in [-0.05, 0) is 51.3 Å². The van der Waals surface area contributed by atoms with E-state index in [0.29, 0.717) is 6.54 Å². The van der Waals surface area contributed by atoms with Crippen molar-refractivity contribution < 1.29 is 9.53 Å². The summed E-state index contributed by atoms with van der Waals surface area (Å²) in [6.07, 6.45) is 6.12. The average Bonchev–Trinajstić information content (AvgIpc) is 2.96. The van der Waals surface area contributed by atoms with Gasteiger partial charge in [0, 0.05) is 25.3 Å². The first-order valence-corrected chi connectivity index (χ1v) is 7.92. The number of ether oxygens (including phenoxy) is 1. The minimum absolute atomic E-state index is 0.387. The van der Waals surface area contributed by atoms with Crippen LogP contribution in [0.3, 0.4) is 0 Å². The molecule has 1 amide bonds. The molecule has 1 fully saturated rings. The van der Waals surface area contributed by atoms with Gasteiger partial charge in [-0.25, -0.2) is 4.79 Å². The van der Waals surface area contributed by atoms with Gasteiger partial charge in [0.15, 0.2) is 0 Å². The van der Waals surface area contributed by atoms with Crippen LogP contribution in [0, 0.1) is 0 Å². The highest BCUT2D eigenvalue weighted by atomic mass is 16.6. The van der Waals surface area contributed by atoms with Crippen molar-refractivity contribution in [3.63, 3.8) is 0 Å². The van der Waals surface area contributed by atoms with Crippen LogP contribution in [0.25, 0.3) is 6.08 Å². The molecule has 0 atom stereocenters. The lowest BCUT2D eigenvalue weighted by atomic mass is 10.2. The van der Waals surface area contributed by atoms with E-state index in [1.54, 1.807) is 0 Å². The monoisotopic (exact) mass is 302 g/mol. The van der Waals surface area contributed by atoms with Crippen molar-refractivity contribution in [2.24, 2.45) is 0 Å². The minimum Gasteiger partial charge on any atom is -0.444 e. The van der Waals surface area contributed by atoms with E-state index in [0.717, 1.165) is 18.7 Å². The van der Waals surface area contributed by atoms with Gasteiger partial charge in [-0.15, -0.1) is 0 Å². The van der Waals surface area contributed by atoms with Crippen molar-refractivity contribution in [3.05, 3.63) is 35.9 Å². The third-order valence-electron chi connectivity index (χ3n) is 3.44. The summed E-state index contributed by atoms with van der Waals surface area (Å²) in [5.41, 5.74) is 1.97. The molecule has 2 rings (SSSR count). The van der Waals surface area contributed by atoms with E-state index < -0.39 is 5.60 Å². The predicted molar refractivity (Wildman–Crippen MR) is 91.2 cm³/mol. The smallest absolute Gasteiger partial charge is 0.407 e. The molecule has 1 aliphatic heterocycles. The van der Waals surface area contributed by atoms with Gasteiger partial charge >= 0.3 is 6.09 Å². The highest BCUT2D eigenvalue weighted by Crippen LogP contribution is 2.20. The Morgan fingerprint density at radius 2 is 1.86 bits per heavy atom. The molecule has 4 nitrogen and oxygen atoms in total. The Labute approximate surface area is 133 Å². The molecule has 0 unspecified atom stereocenters. The molecular weight excluding hydrogens is 276 g/mol. The summed E-state index contributed by atoms with van der Waals surface area (Å²) in [6, 6.07) is 8.54. The normalized spacial score (nSPS) is 15.3. The van der Waals surface area contributed by atoms with Gasteiger partial charge in [0.05, 0.1) is 0 Å². The van der Waals surface area contributed by atoms with Gasteiger partial charge in [0.1, 0.15) is 5.60 Å². The Kier molecular flexibility index (Phi) is 5.47. The third kappa shape index (κ3) is 5.43. The zero-order valence-corrected chi connectivity index (χ0v) is 13.8. The number of nitrogens with one attached hydrogen (secondary N) is 1. The van der Waals surface area contributed by atoms with Crippen LogP contribution in [0.5, 0.6) is 0 Å². The second-order valence-electron chi connectivity index (χ2n) is 6.57. The molecule has 0 saturated carbocycles. The zero-order chi connectivity index (χ0) is 16.0. The summed E-state index contributed by atoms with van der Waals surface area (Å²) < 4.78 is 5.17. The molecule has 0 radical (unpaired) electrons. The molecule has 4 heteroatoms. The Bertz CT molecular complexity index is 509. The minimum atomic E-state index is -0.459. The zero-order valence-electron chi connectivity index (χ0n) is 13.8. The summed E-state index contributed by atoms with van der Waals surface area (Å²) >= 11 is 0. The van der Waals surface area contributed by atoms with Crippen molar-refractivity contribution in [3.8, 4) is 0 Å². The molecule has 120 valence electrons. The fourth-order valence-electron chi connectivity index (χ4n) is 2.42. The van der Waals surface area contributed by atoms with Crippen molar-refractivity contribution in [1.29, 1.82) is 0 Å². The summed E-state index contributed by atoms with van der Waals surface area (Å²) in [4.78, 5) is 13.9. The van der Waals surface area contributed by atoms with Gasteiger partial charge in [0.25, 0.3) is 0 Å². The molecule has 0 spiro atoms. The number of carbonyl (C=O) groups is 1. The summed E-state index contributed by atoms with van der Waals surface area (Å²) in [5, 5.41) is 2.71. The number of hydrogen-bond acceptors (Lipinski definition) is 3. The molecule has 1 aromatic carbocycles. The highest BCUT2D eigenvalue weighted by Gasteiger charge is 2.15. The fourth-order valence-corrected chi connectivity index (χ4v) is 2.42. The van der Waals surface area contributed by atoms with E-state index in [1.165, 1.54) is 18.5 Å². The van der Waals surface area contributed by atoms with Crippen molar-refractivity contribution in [2.75, 3.05) is 24.5 Å². The van der Waals surface area contributed by atoms with E-state index in [2.05, 4.69) is 34.5 Å². The SMILES string of the molecule is CC(C)(C)OC(=O)NCC=Cc1ccc(N2CCCC2)cc1. The Morgan fingerprint density at radius 1 is 1.23 bits per heavy atom. The van der Waals surface area contributed by atoms with Crippen LogP contribution >= 0.6 is 0 Å². The lowest BCUT2D eigenvalue weighted by molar-refractivity contribution is 0.0534. The number of amides is 1. The second kappa shape index (κ2) is 7.34. The first-order chi connectivity index (χ1) is 10.4. The van der Waals surface area contributed by atoms with Gasteiger partial charge in [-0.3, -0.25) is 0 Å². The molecule has 1 heterocycles. The average molecular weight is 302 g/mol. The number of benzene rings is 1. The summed E-state index contributed by atoms with van der Waals surface area (Å²) in [6.45, 7) is 8.34. The van der Waals surface area contributed by atoms with Crippen molar-refractivity contribution in [2.45, 2.75) is 39.2 Å². The standard InChI is InChI=1S/C18H26N2O2/c1-18(2,3)22-17(21)19-12-6-7-15-8-10-16(11-9-15)20-13-4-5-14-20/h6-11H,4-5,12-14H2,1-3H3,(H,19,21). The van der Waals surface area contributed by atoms with E-state index in [-0.39, 0.29) is 6.09 Å². The van der Waals surface area contributed by atoms with Crippen molar-refractivity contribution >= 4 is 17.9 Å². The number of carbonyl (C=O) groups excluding carboxylic acids is 1. The maximum atomic E-state index is 11.5. The van der Waals surface area contributed by atoms with E-state index in [9.17, 15) is 4.79 Å². The quantitative estimate of drug-likeness (QED) is 0.919. The van der Waals surface area contributed by atoms with E-state index in [1.807, 2.05) is 32.9 Å². The molecule has 0 aliphatic carbocycles. The number of rotatable bonds is 4. The van der Waals surface area contributed by atoms with Crippen LogP contribution in [-0.4, -0.2) is 31.3 Å². The lowest BCUT2D eigenvalue weighted by Gasteiger charge is -2.19. The van der Waals surface area contributed by atoms with E-state index in [4.69, 9.17) is 4.74 Å². The topological polar surface area (TPSA) is 41.6 Å². The van der Waals surface area contributed by atoms with Crippen LogP contribution < -0.4 is 10.2 Å². The first kappa shape index (κ1) is 16.4. The van der Waals surface area contributed by atoms with Gasteiger partial charge < -0.3 is 15.0 Å². The molecule has 1 saturated heterocycles. The van der Waals surface area contributed by atoms with E-state index >= 15 is 0 Å². The summed E-state index contributed by atoms with van der Waals surface area (Å²) in [7, 11) is 0. The van der Waals surface area contributed by atoms with Gasteiger partial charge in [-0.2, -0.15) is 0 Å². The van der Waals surface area contributed by atoms with Crippen molar-refractivity contribution in [1.82, 2.24) is 5.32 Å². The molecule has 1 N–H and O–H groups in total. The number of anilines is 1. The largest absolute Gasteiger partial charge is 0.444 e. The molecule has 22 heavy (non-hydrogen) atoms. The van der Waals surface area contributed by atoms with Crippen LogP contribution in [-0.2, 0) is 4.74 Å². The fraction of sp³-hybridized carbons (Fsp3) is 0.500. The van der Waals surface area contributed by atoms with Crippen LogP contribution in [0.1, 0.15) is 39.2 Å². The van der Waals surface area contributed by atoms with Crippen LogP contribution in [0.4, 0.5) is 10.5 Å². The second-order valence-corrected chi connectivity index (χ2v) is 6.57. The number of alkyl carbamates (subject to hydrolysis) is 1. The maximum Gasteiger partial charge on any atom is 0.407 e. The molecule has 0 bridgehead atoms. The Morgan fingerprint density at radius 3 is 2.45 bits per heavy atom. The Balaban J connectivity index is 1.77. The molecular formula is C18H26N2O2. The van der Waals surface area contributed by atoms with Gasteiger partial charge in [-0.1, -0.05) is 24.3 Å². The number of hydrogen-bond donors (Lipinski definition) is 1. The van der Waals surface area contributed by atoms with Crippen LogP contribution in [0.15, 0.2) is 30.3 Å². The Hall–Kier alpha value is -1.97. The van der Waals surface area contributed by atoms with Crippen LogP contribution in [0.2, 0.25) is 0 Å². The summed E-state index contributed by atoms with van der Waals surface area (Å²) in [5.74, 6) is 0. The highest BCUT2D eigenvalue weighted by molar-refractivity contribution is 5.68. The third-order valence-corrected chi connectivity index (χ3v) is 3.44. The lowest BCUT2D eigenvalue weighted by Crippen LogP contribution is -2.32. The predicted octanol–water partition coefficient (Wildman–Crippen LogP) is 3.82. The maximum absolute atomic E-state index is 11.5. The molecule has 1 aromatic rings. The molecule has 0 aromatic heterocycles. The first-order valence-electron chi connectivity index (χ1n) is 7.92. The number of nitrogens with zero attached hydrogens (tertiary/aromatic N) is 1. The molecule has 1 aliphatic rings. The van der Waals surface area contributed by atoms with Gasteiger partial charge in [0.2, 0.25) is 0 Å².